The van der Waals surface area contributed by atoms with E-state index in [0.29, 0.717) is 17.1 Å². The van der Waals surface area contributed by atoms with Gasteiger partial charge in [0, 0.05) is 23.9 Å². The summed E-state index contributed by atoms with van der Waals surface area (Å²) in [5.41, 5.74) is 0.919. The van der Waals surface area contributed by atoms with Gasteiger partial charge in [0.15, 0.2) is 5.60 Å². The molecule has 1 heterocycles. The Bertz CT molecular complexity index is 963. The highest BCUT2D eigenvalue weighted by molar-refractivity contribution is 6.31. The molecule has 2 amide bonds. The predicted molar refractivity (Wildman–Crippen MR) is 105 cm³/mol. The van der Waals surface area contributed by atoms with Crippen LogP contribution in [0.3, 0.4) is 0 Å². The number of fused-ring (bicyclic) bond motifs is 1. The fourth-order valence-corrected chi connectivity index (χ4v) is 2.77. The molecule has 1 aliphatic heterocycles. The first-order chi connectivity index (χ1) is 13.2. The largest absolute Gasteiger partial charge is 0.479 e. The summed E-state index contributed by atoms with van der Waals surface area (Å²) in [6.07, 6.45) is 3.63. The third kappa shape index (κ3) is 4.80. The summed E-state index contributed by atoms with van der Waals surface area (Å²) in [5, 5.41) is 5.19. The summed E-state index contributed by atoms with van der Waals surface area (Å²) in [5.74, 6) is -0.333. The maximum atomic E-state index is 13.2. The zero-order chi connectivity index (χ0) is 20.3. The second-order valence-electron chi connectivity index (χ2n) is 6.49. The fraction of sp³-hybridized carbons (Fsp3) is 0.200. The van der Waals surface area contributed by atoms with Crippen LogP contribution >= 0.6 is 11.6 Å². The first kappa shape index (κ1) is 19.7. The molecule has 0 spiro atoms. The quantitative estimate of drug-likeness (QED) is 0.714. The SMILES string of the molecule is CC(=O)OCC1(C)C=Cc2cc(NC(=O)Nc3ccc(F)c(Cl)c3)ccc2O1. The minimum atomic E-state index is -0.757. The molecule has 0 aliphatic carbocycles. The van der Waals surface area contributed by atoms with Crippen molar-refractivity contribution in [1.29, 1.82) is 0 Å². The third-order valence-corrected chi connectivity index (χ3v) is 4.26. The van der Waals surface area contributed by atoms with Gasteiger partial charge in [0.1, 0.15) is 18.2 Å². The van der Waals surface area contributed by atoms with Crippen molar-refractivity contribution >= 4 is 41.1 Å². The lowest BCUT2D eigenvalue weighted by Gasteiger charge is -2.31. The number of carbonyl (C=O) groups is 2. The normalized spacial score (nSPS) is 17.3. The molecule has 0 radical (unpaired) electrons. The molecule has 8 heteroatoms. The second-order valence-corrected chi connectivity index (χ2v) is 6.90. The molecule has 3 rings (SSSR count). The molecule has 6 nitrogen and oxygen atoms in total. The van der Waals surface area contributed by atoms with E-state index in [2.05, 4.69) is 10.6 Å². The Kier molecular flexibility index (Phi) is 5.56. The second kappa shape index (κ2) is 7.90. The lowest BCUT2D eigenvalue weighted by Crippen LogP contribution is -2.37. The summed E-state index contributed by atoms with van der Waals surface area (Å²) in [6, 6.07) is 8.55. The van der Waals surface area contributed by atoms with Gasteiger partial charge in [0.2, 0.25) is 0 Å². The average molecular weight is 405 g/mol. The molecule has 0 fully saturated rings. The molecule has 1 aliphatic rings. The Morgan fingerprint density at radius 1 is 1.18 bits per heavy atom. The van der Waals surface area contributed by atoms with Crippen molar-refractivity contribution in [3.8, 4) is 5.75 Å². The van der Waals surface area contributed by atoms with Gasteiger partial charge in [0.25, 0.3) is 0 Å². The molecule has 0 saturated heterocycles. The Balaban J connectivity index is 1.66. The average Bonchev–Trinajstić information content (AvgIpc) is 2.63. The number of carbonyl (C=O) groups excluding carboxylic acids is 2. The molecule has 1 atom stereocenters. The van der Waals surface area contributed by atoms with Crippen molar-refractivity contribution in [3.05, 3.63) is 58.9 Å². The number of ether oxygens (including phenoxy) is 2. The maximum Gasteiger partial charge on any atom is 0.323 e. The maximum absolute atomic E-state index is 13.2. The van der Waals surface area contributed by atoms with E-state index in [4.69, 9.17) is 21.1 Å². The highest BCUT2D eigenvalue weighted by Gasteiger charge is 2.29. The van der Waals surface area contributed by atoms with Crippen molar-refractivity contribution in [2.45, 2.75) is 19.4 Å². The number of benzene rings is 2. The van der Waals surface area contributed by atoms with E-state index in [1.54, 1.807) is 24.3 Å². The standard InChI is InChI=1S/C20H18ClFN2O4/c1-12(25)27-11-20(2)8-7-13-9-14(4-6-18(13)28-20)23-19(26)24-15-3-5-17(22)16(21)10-15/h3-10H,11H2,1-2H3,(H2,23,24,26). The Hall–Kier alpha value is -3.06. The number of hydrogen-bond acceptors (Lipinski definition) is 4. The van der Waals surface area contributed by atoms with Gasteiger partial charge < -0.3 is 20.1 Å². The molecule has 28 heavy (non-hydrogen) atoms. The number of nitrogens with one attached hydrogen (secondary N) is 2. The minimum absolute atomic E-state index is 0.0781. The van der Waals surface area contributed by atoms with Crippen molar-refractivity contribution in [2.75, 3.05) is 17.2 Å². The molecule has 1 unspecified atom stereocenters. The van der Waals surface area contributed by atoms with Gasteiger partial charge in [-0.05, 0) is 49.4 Å². The first-order valence-electron chi connectivity index (χ1n) is 8.43. The van der Waals surface area contributed by atoms with E-state index in [1.165, 1.54) is 25.1 Å². The van der Waals surface area contributed by atoms with Crippen LogP contribution < -0.4 is 15.4 Å². The number of rotatable bonds is 4. The van der Waals surface area contributed by atoms with Gasteiger partial charge in [0.05, 0.1) is 5.02 Å². The topological polar surface area (TPSA) is 76.7 Å². The van der Waals surface area contributed by atoms with Crippen molar-refractivity contribution in [1.82, 2.24) is 0 Å². The van der Waals surface area contributed by atoms with Crippen molar-refractivity contribution in [3.63, 3.8) is 0 Å². The molecule has 0 bridgehead atoms. The Morgan fingerprint density at radius 2 is 1.86 bits per heavy atom. The van der Waals surface area contributed by atoms with Crippen LogP contribution in [0.15, 0.2) is 42.5 Å². The Morgan fingerprint density at radius 3 is 2.54 bits per heavy atom. The van der Waals surface area contributed by atoms with Crippen LogP contribution in [0.5, 0.6) is 5.75 Å². The van der Waals surface area contributed by atoms with E-state index in [9.17, 15) is 14.0 Å². The first-order valence-corrected chi connectivity index (χ1v) is 8.81. The lowest BCUT2D eigenvalue weighted by molar-refractivity contribution is -0.145. The summed E-state index contributed by atoms with van der Waals surface area (Å²) in [7, 11) is 0. The molecular weight excluding hydrogens is 387 g/mol. The van der Waals surface area contributed by atoms with Gasteiger partial charge in [-0.25, -0.2) is 9.18 Å². The highest BCUT2D eigenvalue weighted by Crippen LogP contribution is 2.33. The summed E-state index contributed by atoms with van der Waals surface area (Å²) < 4.78 is 24.1. The smallest absolute Gasteiger partial charge is 0.323 e. The van der Waals surface area contributed by atoms with Crippen LogP contribution in [0.25, 0.3) is 6.08 Å². The van der Waals surface area contributed by atoms with E-state index in [-0.39, 0.29) is 17.6 Å². The molecule has 0 saturated carbocycles. The Labute approximate surface area is 166 Å². The number of urea groups is 1. The fourth-order valence-electron chi connectivity index (χ4n) is 2.59. The van der Waals surface area contributed by atoms with Gasteiger partial charge in [-0.2, -0.15) is 0 Å². The van der Waals surface area contributed by atoms with Gasteiger partial charge in [-0.15, -0.1) is 0 Å². The van der Waals surface area contributed by atoms with E-state index < -0.39 is 17.4 Å². The number of amides is 2. The molecule has 0 aromatic heterocycles. The third-order valence-electron chi connectivity index (χ3n) is 3.97. The van der Waals surface area contributed by atoms with E-state index in [1.807, 2.05) is 13.0 Å². The predicted octanol–water partition coefficient (Wildman–Crippen LogP) is 4.85. The zero-order valence-electron chi connectivity index (χ0n) is 15.2. The molecule has 2 N–H and O–H groups in total. The van der Waals surface area contributed by atoms with Gasteiger partial charge in [-0.1, -0.05) is 17.7 Å². The number of halogens is 2. The minimum Gasteiger partial charge on any atom is -0.479 e. The number of anilines is 2. The van der Waals surface area contributed by atoms with E-state index in [0.717, 1.165) is 5.56 Å². The monoisotopic (exact) mass is 404 g/mol. The summed E-state index contributed by atoms with van der Waals surface area (Å²) in [6.45, 7) is 3.25. The summed E-state index contributed by atoms with van der Waals surface area (Å²) >= 11 is 5.70. The van der Waals surface area contributed by atoms with E-state index >= 15 is 0 Å². The summed E-state index contributed by atoms with van der Waals surface area (Å²) in [4.78, 5) is 23.2. The van der Waals surface area contributed by atoms with Crippen molar-refractivity contribution in [2.24, 2.45) is 0 Å². The van der Waals surface area contributed by atoms with Crippen LogP contribution in [0.1, 0.15) is 19.4 Å². The van der Waals surface area contributed by atoms with Gasteiger partial charge >= 0.3 is 12.0 Å². The molecule has 146 valence electrons. The number of esters is 1. The van der Waals surface area contributed by atoms with Crippen LogP contribution in [-0.2, 0) is 9.53 Å². The van der Waals surface area contributed by atoms with Crippen LogP contribution in [0, 0.1) is 5.82 Å². The highest BCUT2D eigenvalue weighted by atomic mass is 35.5. The molecule has 2 aromatic carbocycles. The van der Waals surface area contributed by atoms with Gasteiger partial charge in [-0.3, -0.25) is 4.79 Å². The lowest BCUT2D eigenvalue weighted by atomic mass is 10.0. The van der Waals surface area contributed by atoms with Crippen LogP contribution in [0.4, 0.5) is 20.6 Å². The molecular formula is C20H18ClFN2O4. The van der Waals surface area contributed by atoms with Crippen LogP contribution in [0.2, 0.25) is 5.02 Å². The van der Waals surface area contributed by atoms with Crippen molar-refractivity contribution < 1.29 is 23.5 Å². The van der Waals surface area contributed by atoms with Crippen LogP contribution in [-0.4, -0.2) is 24.2 Å². The number of hydrogen-bond donors (Lipinski definition) is 2. The zero-order valence-corrected chi connectivity index (χ0v) is 16.0. The molecule has 2 aromatic rings.